The maximum absolute atomic E-state index is 12.2. The number of hydrogen-bond donors (Lipinski definition) is 0. The van der Waals surface area contributed by atoms with Crippen LogP contribution in [0.4, 0.5) is 0 Å². The van der Waals surface area contributed by atoms with E-state index in [4.69, 9.17) is 0 Å². The molecule has 1 aliphatic heterocycles. The third-order valence-corrected chi connectivity index (χ3v) is 3.74. The molecule has 0 aromatic heterocycles. The molecule has 1 fully saturated rings. The van der Waals surface area contributed by atoms with E-state index >= 15 is 0 Å². The average molecular weight is 260 g/mol. The van der Waals surface area contributed by atoms with E-state index in [-0.39, 0.29) is 5.91 Å². The molecular weight excluding hydrogens is 236 g/mol. The van der Waals surface area contributed by atoms with E-state index in [0.29, 0.717) is 6.42 Å². The Morgan fingerprint density at radius 3 is 2.32 bits per heavy atom. The highest BCUT2D eigenvalue weighted by atomic mass is 16.2. The maximum atomic E-state index is 12.2. The van der Waals surface area contributed by atoms with E-state index in [1.807, 2.05) is 4.90 Å². The highest BCUT2D eigenvalue weighted by Gasteiger charge is 2.20. The number of aryl methyl sites for hydroxylation is 1. The number of benzene rings is 1. The van der Waals surface area contributed by atoms with Gasteiger partial charge in [0.15, 0.2) is 0 Å². The Morgan fingerprint density at radius 1 is 1.11 bits per heavy atom. The quantitative estimate of drug-likeness (QED) is 0.827. The number of hydrogen-bond acceptors (Lipinski definition) is 2. The van der Waals surface area contributed by atoms with Crippen LogP contribution in [0.1, 0.15) is 24.5 Å². The van der Waals surface area contributed by atoms with Crippen LogP contribution in [0.5, 0.6) is 0 Å². The summed E-state index contributed by atoms with van der Waals surface area (Å²) in [5.74, 6) is 0.264. The highest BCUT2D eigenvalue weighted by Crippen LogP contribution is 2.08. The average Bonchev–Trinajstić information content (AvgIpc) is 2.42. The molecule has 1 amide bonds. The molecule has 19 heavy (non-hydrogen) atoms. The van der Waals surface area contributed by atoms with Crippen molar-refractivity contribution in [2.75, 3.05) is 32.7 Å². The van der Waals surface area contributed by atoms with Crippen molar-refractivity contribution in [2.45, 2.75) is 26.7 Å². The third-order valence-electron chi connectivity index (χ3n) is 3.74. The maximum Gasteiger partial charge on any atom is 0.227 e. The number of rotatable bonds is 4. The van der Waals surface area contributed by atoms with Gasteiger partial charge in [-0.25, -0.2) is 0 Å². The summed E-state index contributed by atoms with van der Waals surface area (Å²) < 4.78 is 0. The second-order valence-corrected chi connectivity index (χ2v) is 5.38. The molecule has 0 N–H and O–H groups in total. The molecule has 0 radical (unpaired) electrons. The van der Waals surface area contributed by atoms with Crippen LogP contribution in [0.25, 0.3) is 0 Å². The molecule has 3 nitrogen and oxygen atoms in total. The van der Waals surface area contributed by atoms with Gasteiger partial charge in [0.1, 0.15) is 0 Å². The van der Waals surface area contributed by atoms with Crippen molar-refractivity contribution in [1.29, 1.82) is 0 Å². The molecule has 104 valence electrons. The zero-order valence-corrected chi connectivity index (χ0v) is 12.1. The predicted molar refractivity (Wildman–Crippen MR) is 78.2 cm³/mol. The van der Waals surface area contributed by atoms with Crippen molar-refractivity contribution in [1.82, 2.24) is 9.80 Å². The Kier molecular flexibility index (Phi) is 4.97. The zero-order valence-electron chi connectivity index (χ0n) is 12.1. The largest absolute Gasteiger partial charge is 0.340 e. The van der Waals surface area contributed by atoms with Crippen LogP contribution >= 0.6 is 0 Å². The van der Waals surface area contributed by atoms with Crippen LogP contribution in [-0.4, -0.2) is 48.4 Å². The molecule has 1 aliphatic rings. The number of carbonyl (C=O) groups is 1. The predicted octanol–water partition coefficient (Wildman–Crippen LogP) is 2.09. The van der Waals surface area contributed by atoms with Crippen molar-refractivity contribution >= 4 is 5.91 Å². The van der Waals surface area contributed by atoms with E-state index in [1.165, 1.54) is 12.0 Å². The minimum atomic E-state index is 0.264. The second-order valence-electron chi connectivity index (χ2n) is 5.38. The van der Waals surface area contributed by atoms with Gasteiger partial charge in [-0.05, 0) is 25.5 Å². The molecule has 2 rings (SSSR count). The molecule has 0 atom stereocenters. The Bertz CT molecular complexity index is 405. The number of piperazine rings is 1. The molecule has 0 spiro atoms. The fourth-order valence-corrected chi connectivity index (χ4v) is 2.53. The van der Waals surface area contributed by atoms with Crippen molar-refractivity contribution in [3.8, 4) is 0 Å². The summed E-state index contributed by atoms with van der Waals surface area (Å²) in [6.45, 7) is 9.23. The monoisotopic (exact) mass is 260 g/mol. The van der Waals surface area contributed by atoms with E-state index in [2.05, 4.69) is 43.0 Å². The lowest BCUT2D eigenvalue weighted by atomic mass is 10.1. The van der Waals surface area contributed by atoms with Gasteiger partial charge in [-0.15, -0.1) is 0 Å². The van der Waals surface area contributed by atoms with Crippen LogP contribution in [0.3, 0.4) is 0 Å². The lowest BCUT2D eigenvalue weighted by Crippen LogP contribution is -2.49. The fraction of sp³-hybridized carbons (Fsp3) is 0.562. The van der Waals surface area contributed by atoms with Crippen LogP contribution < -0.4 is 0 Å². The molecule has 0 aliphatic carbocycles. The van der Waals surface area contributed by atoms with Gasteiger partial charge in [-0.3, -0.25) is 9.69 Å². The van der Waals surface area contributed by atoms with E-state index < -0.39 is 0 Å². The van der Waals surface area contributed by atoms with Gasteiger partial charge < -0.3 is 4.90 Å². The molecule has 3 heteroatoms. The minimum absolute atomic E-state index is 0.264. The van der Waals surface area contributed by atoms with E-state index in [1.54, 1.807) is 0 Å². The number of carbonyl (C=O) groups excluding carboxylic acids is 1. The molecule has 0 saturated carbocycles. The SMILES string of the molecule is CCCN1CCN(C(=O)Cc2ccc(C)cc2)CC1. The molecular formula is C16H24N2O. The van der Waals surface area contributed by atoms with Gasteiger partial charge in [0, 0.05) is 26.2 Å². The van der Waals surface area contributed by atoms with Crippen molar-refractivity contribution in [2.24, 2.45) is 0 Å². The summed E-state index contributed by atoms with van der Waals surface area (Å²) in [5, 5.41) is 0. The smallest absolute Gasteiger partial charge is 0.227 e. The van der Waals surface area contributed by atoms with Gasteiger partial charge in [-0.1, -0.05) is 36.8 Å². The van der Waals surface area contributed by atoms with Gasteiger partial charge in [0.2, 0.25) is 5.91 Å². The summed E-state index contributed by atoms with van der Waals surface area (Å²) in [5.41, 5.74) is 2.36. The number of nitrogens with zero attached hydrogens (tertiary/aromatic N) is 2. The first-order valence-electron chi connectivity index (χ1n) is 7.24. The normalized spacial score (nSPS) is 16.6. The first-order chi connectivity index (χ1) is 9.19. The summed E-state index contributed by atoms with van der Waals surface area (Å²) in [4.78, 5) is 16.7. The van der Waals surface area contributed by atoms with Crippen molar-refractivity contribution in [3.05, 3.63) is 35.4 Å². The third kappa shape index (κ3) is 4.06. The molecule has 0 bridgehead atoms. The summed E-state index contributed by atoms with van der Waals surface area (Å²) in [6, 6.07) is 8.25. The van der Waals surface area contributed by atoms with Gasteiger partial charge in [0.25, 0.3) is 0 Å². The molecule has 1 heterocycles. The Hall–Kier alpha value is -1.35. The Labute approximate surface area is 116 Å². The van der Waals surface area contributed by atoms with Crippen LogP contribution in [-0.2, 0) is 11.2 Å². The fourth-order valence-electron chi connectivity index (χ4n) is 2.53. The van der Waals surface area contributed by atoms with E-state index in [0.717, 1.165) is 38.3 Å². The lowest BCUT2D eigenvalue weighted by Gasteiger charge is -2.34. The molecule has 1 aromatic carbocycles. The van der Waals surface area contributed by atoms with Gasteiger partial charge in [-0.2, -0.15) is 0 Å². The van der Waals surface area contributed by atoms with Gasteiger partial charge in [0.05, 0.1) is 6.42 Å². The van der Waals surface area contributed by atoms with E-state index in [9.17, 15) is 4.79 Å². The molecule has 1 aromatic rings. The number of amides is 1. The molecule has 1 saturated heterocycles. The first-order valence-corrected chi connectivity index (χ1v) is 7.24. The summed E-state index contributed by atoms with van der Waals surface area (Å²) >= 11 is 0. The minimum Gasteiger partial charge on any atom is -0.340 e. The second kappa shape index (κ2) is 6.71. The topological polar surface area (TPSA) is 23.6 Å². The Balaban J connectivity index is 1.83. The van der Waals surface area contributed by atoms with Crippen molar-refractivity contribution in [3.63, 3.8) is 0 Å². The van der Waals surface area contributed by atoms with Gasteiger partial charge >= 0.3 is 0 Å². The molecule has 0 unspecified atom stereocenters. The van der Waals surface area contributed by atoms with Crippen LogP contribution in [0.2, 0.25) is 0 Å². The van der Waals surface area contributed by atoms with Crippen LogP contribution in [0.15, 0.2) is 24.3 Å². The first kappa shape index (κ1) is 14.1. The zero-order chi connectivity index (χ0) is 13.7. The lowest BCUT2D eigenvalue weighted by molar-refractivity contribution is -0.132. The van der Waals surface area contributed by atoms with Crippen molar-refractivity contribution < 1.29 is 4.79 Å². The summed E-state index contributed by atoms with van der Waals surface area (Å²) in [7, 11) is 0. The Morgan fingerprint density at radius 2 is 1.74 bits per heavy atom. The standard InChI is InChI=1S/C16H24N2O/c1-3-8-17-9-11-18(12-10-17)16(19)13-15-6-4-14(2)5-7-15/h4-7H,3,8-13H2,1-2H3. The highest BCUT2D eigenvalue weighted by molar-refractivity contribution is 5.78. The van der Waals surface area contributed by atoms with Crippen LogP contribution in [0, 0.1) is 6.92 Å². The summed E-state index contributed by atoms with van der Waals surface area (Å²) in [6.07, 6.45) is 1.73.